The zero-order valence-corrected chi connectivity index (χ0v) is 16.4. The second kappa shape index (κ2) is 8.51. The minimum atomic E-state index is -0.0830. The van der Waals surface area contributed by atoms with Gasteiger partial charge in [-0.25, -0.2) is 15.0 Å². The van der Waals surface area contributed by atoms with Gasteiger partial charge in [-0.1, -0.05) is 6.07 Å². The number of aromatic nitrogens is 4. The van der Waals surface area contributed by atoms with Gasteiger partial charge in [-0.05, 0) is 19.2 Å². The van der Waals surface area contributed by atoms with Crippen molar-refractivity contribution in [2.45, 2.75) is 0 Å². The van der Waals surface area contributed by atoms with Gasteiger partial charge in [0.15, 0.2) is 5.82 Å². The number of rotatable bonds is 5. The lowest BCUT2D eigenvalue weighted by molar-refractivity contribution is -0.117. The summed E-state index contributed by atoms with van der Waals surface area (Å²) >= 11 is 1.49. The SMILES string of the molecule is CN1CCN(CC(=O)Nc2cc(-c3nccs3)nc(-c3ccccn3)n2)CC1. The number of piperazine rings is 1. The number of carbonyl (C=O) groups excluding carboxylic acids is 1. The smallest absolute Gasteiger partial charge is 0.239 e. The molecular formula is C19H21N7OS. The molecule has 1 fully saturated rings. The summed E-state index contributed by atoms with van der Waals surface area (Å²) in [5, 5.41) is 5.58. The number of carbonyl (C=O) groups is 1. The van der Waals surface area contributed by atoms with Gasteiger partial charge in [0.05, 0.1) is 6.54 Å². The topological polar surface area (TPSA) is 87.1 Å². The molecule has 0 spiro atoms. The van der Waals surface area contributed by atoms with Crippen LogP contribution in [0.15, 0.2) is 42.0 Å². The number of pyridine rings is 1. The van der Waals surface area contributed by atoms with Crippen molar-refractivity contribution in [3.8, 4) is 22.2 Å². The zero-order chi connectivity index (χ0) is 19.3. The second-order valence-corrected chi connectivity index (χ2v) is 7.54. The number of nitrogens with zero attached hydrogens (tertiary/aromatic N) is 6. The largest absolute Gasteiger partial charge is 0.309 e. The van der Waals surface area contributed by atoms with E-state index in [2.05, 4.69) is 42.1 Å². The maximum atomic E-state index is 12.6. The maximum Gasteiger partial charge on any atom is 0.239 e. The third-order valence-electron chi connectivity index (χ3n) is 4.50. The number of hydrogen-bond acceptors (Lipinski definition) is 8. The van der Waals surface area contributed by atoms with Gasteiger partial charge in [-0.2, -0.15) is 0 Å². The predicted molar refractivity (Wildman–Crippen MR) is 109 cm³/mol. The Bertz CT molecular complexity index is 925. The van der Waals surface area contributed by atoms with E-state index < -0.39 is 0 Å². The summed E-state index contributed by atoms with van der Waals surface area (Å²) in [6.45, 7) is 4.06. The number of hydrogen-bond donors (Lipinski definition) is 1. The van der Waals surface area contributed by atoms with Crippen LogP contribution >= 0.6 is 11.3 Å². The summed E-state index contributed by atoms with van der Waals surface area (Å²) in [7, 11) is 2.09. The highest BCUT2D eigenvalue weighted by atomic mass is 32.1. The van der Waals surface area contributed by atoms with E-state index in [1.54, 1.807) is 18.5 Å². The van der Waals surface area contributed by atoms with Crippen LogP contribution < -0.4 is 5.32 Å². The Morgan fingerprint density at radius 2 is 1.96 bits per heavy atom. The first-order valence-electron chi connectivity index (χ1n) is 9.08. The lowest BCUT2D eigenvalue weighted by Gasteiger charge is -2.31. The summed E-state index contributed by atoms with van der Waals surface area (Å²) in [5.41, 5.74) is 1.32. The molecule has 1 saturated heterocycles. The first-order chi connectivity index (χ1) is 13.7. The maximum absolute atomic E-state index is 12.6. The second-order valence-electron chi connectivity index (χ2n) is 6.64. The molecule has 0 atom stereocenters. The lowest BCUT2D eigenvalue weighted by Crippen LogP contribution is -2.47. The first-order valence-corrected chi connectivity index (χ1v) is 9.96. The van der Waals surface area contributed by atoms with Gasteiger partial charge in [0.1, 0.15) is 22.2 Å². The molecule has 9 heteroatoms. The molecule has 0 unspecified atom stereocenters. The molecule has 1 amide bonds. The third kappa shape index (κ3) is 4.56. The summed E-state index contributed by atoms with van der Waals surface area (Å²) in [5.74, 6) is 0.837. The molecule has 0 radical (unpaired) electrons. The van der Waals surface area contributed by atoms with Crippen molar-refractivity contribution in [1.82, 2.24) is 29.7 Å². The zero-order valence-electron chi connectivity index (χ0n) is 15.6. The molecule has 0 aliphatic carbocycles. The summed E-state index contributed by atoms with van der Waals surface area (Å²) in [4.78, 5) is 34.7. The minimum Gasteiger partial charge on any atom is -0.309 e. The third-order valence-corrected chi connectivity index (χ3v) is 5.30. The molecule has 1 aliphatic heterocycles. The molecule has 4 rings (SSSR count). The Hall–Kier alpha value is -2.75. The van der Waals surface area contributed by atoms with Crippen LogP contribution in [0, 0.1) is 0 Å². The summed E-state index contributed by atoms with van der Waals surface area (Å²) < 4.78 is 0. The normalized spacial score (nSPS) is 15.5. The van der Waals surface area contributed by atoms with Crippen LogP contribution in [0.5, 0.6) is 0 Å². The monoisotopic (exact) mass is 395 g/mol. The van der Waals surface area contributed by atoms with Crippen molar-refractivity contribution in [3.05, 3.63) is 42.0 Å². The number of nitrogens with one attached hydrogen (secondary N) is 1. The van der Waals surface area contributed by atoms with E-state index in [4.69, 9.17) is 0 Å². The van der Waals surface area contributed by atoms with Crippen LogP contribution in [-0.4, -0.2) is 75.4 Å². The van der Waals surface area contributed by atoms with Gasteiger partial charge >= 0.3 is 0 Å². The van der Waals surface area contributed by atoms with E-state index >= 15 is 0 Å². The van der Waals surface area contributed by atoms with Crippen LogP contribution in [0.3, 0.4) is 0 Å². The molecule has 0 saturated carbocycles. The van der Waals surface area contributed by atoms with Gasteiger partial charge in [-0.3, -0.25) is 14.7 Å². The van der Waals surface area contributed by atoms with Gasteiger partial charge in [0, 0.05) is 50.0 Å². The van der Waals surface area contributed by atoms with Gasteiger partial charge in [-0.15, -0.1) is 11.3 Å². The highest BCUT2D eigenvalue weighted by Gasteiger charge is 2.18. The van der Waals surface area contributed by atoms with Crippen LogP contribution in [0.1, 0.15) is 0 Å². The molecule has 28 heavy (non-hydrogen) atoms. The van der Waals surface area contributed by atoms with Crippen molar-refractivity contribution in [3.63, 3.8) is 0 Å². The van der Waals surface area contributed by atoms with Crippen molar-refractivity contribution in [2.24, 2.45) is 0 Å². The van der Waals surface area contributed by atoms with Gasteiger partial charge in [0.25, 0.3) is 0 Å². The lowest BCUT2D eigenvalue weighted by atomic mass is 10.3. The Kier molecular flexibility index (Phi) is 5.65. The van der Waals surface area contributed by atoms with Gasteiger partial charge < -0.3 is 10.2 Å². The molecule has 3 aromatic heterocycles. The molecule has 144 valence electrons. The Labute approximate surface area is 167 Å². The highest BCUT2D eigenvalue weighted by molar-refractivity contribution is 7.13. The van der Waals surface area contributed by atoms with Crippen molar-refractivity contribution >= 4 is 23.1 Å². The molecule has 8 nitrogen and oxygen atoms in total. The highest BCUT2D eigenvalue weighted by Crippen LogP contribution is 2.25. The van der Waals surface area contributed by atoms with E-state index in [0.29, 0.717) is 29.6 Å². The Balaban J connectivity index is 1.55. The molecule has 1 N–H and O–H groups in total. The molecular weight excluding hydrogens is 374 g/mol. The molecule has 0 bridgehead atoms. The Morgan fingerprint density at radius 3 is 2.68 bits per heavy atom. The molecule has 1 aliphatic rings. The van der Waals surface area contributed by atoms with Crippen molar-refractivity contribution in [1.29, 1.82) is 0 Å². The average Bonchev–Trinajstić information content (AvgIpc) is 3.25. The standard InChI is InChI=1S/C19H21N7OS/c1-25-7-9-26(10-8-25)13-17(27)23-16-12-15(19-21-6-11-28-19)22-18(24-16)14-4-2-3-5-20-14/h2-6,11-12H,7-10,13H2,1H3,(H,22,23,24,27). The minimum absolute atomic E-state index is 0.0830. The van der Waals surface area contributed by atoms with Crippen LogP contribution in [0.4, 0.5) is 5.82 Å². The van der Waals surface area contributed by atoms with E-state index in [-0.39, 0.29) is 5.91 Å². The van der Waals surface area contributed by atoms with E-state index in [9.17, 15) is 4.79 Å². The quantitative estimate of drug-likeness (QED) is 0.705. The summed E-state index contributed by atoms with van der Waals surface area (Å²) in [6.07, 6.45) is 3.43. The summed E-state index contributed by atoms with van der Waals surface area (Å²) in [6, 6.07) is 7.32. The molecule has 0 aromatic carbocycles. The number of amides is 1. The fraction of sp³-hybridized carbons (Fsp3) is 0.316. The predicted octanol–water partition coefficient (Wildman–Crippen LogP) is 1.85. The van der Waals surface area contributed by atoms with E-state index in [1.807, 2.05) is 23.6 Å². The Morgan fingerprint density at radius 1 is 1.11 bits per heavy atom. The number of likely N-dealkylation sites (N-methyl/N-ethyl adjacent to an activating group) is 1. The first kappa shape index (κ1) is 18.6. The molecule has 4 heterocycles. The molecule has 3 aromatic rings. The van der Waals surface area contributed by atoms with Gasteiger partial charge in [0.2, 0.25) is 5.91 Å². The number of anilines is 1. The van der Waals surface area contributed by atoms with Crippen LogP contribution in [0.2, 0.25) is 0 Å². The van der Waals surface area contributed by atoms with Crippen LogP contribution in [0.25, 0.3) is 22.2 Å². The van der Waals surface area contributed by atoms with Crippen molar-refractivity contribution < 1.29 is 4.79 Å². The fourth-order valence-electron chi connectivity index (χ4n) is 2.97. The fourth-order valence-corrected chi connectivity index (χ4v) is 3.57. The van der Waals surface area contributed by atoms with E-state index in [1.165, 1.54) is 11.3 Å². The average molecular weight is 395 g/mol. The van der Waals surface area contributed by atoms with Crippen molar-refractivity contribution in [2.75, 3.05) is 45.1 Å². The number of thiazole rings is 1. The van der Waals surface area contributed by atoms with Crippen LogP contribution in [-0.2, 0) is 4.79 Å². The van der Waals surface area contributed by atoms with E-state index in [0.717, 1.165) is 31.2 Å².